The van der Waals surface area contributed by atoms with E-state index in [0.29, 0.717) is 24.4 Å². The Morgan fingerprint density at radius 2 is 1.77 bits per heavy atom. The summed E-state index contributed by atoms with van der Waals surface area (Å²) in [7, 11) is 1.48. The lowest BCUT2D eigenvalue weighted by atomic mass is 10.0. The Morgan fingerprint density at radius 3 is 2.35 bits per heavy atom. The van der Waals surface area contributed by atoms with Gasteiger partial charge in [-0.05, 0) is 44.2 Å². The first-order valence-corrected chi connectivity index (χ1v) is 8.94. The normalized spacial score (nSPS) is 13.5. The third-order valence-electron chi connectivity index (χ3n) is 4.69. The van der Waals surface area contributed by atoms with Crippen molar-refractivity contribution in [1.82, 2.24) is 9.88 Å². The predicted molar refractivity (Wildman–Crippen MR) is 101 cm³/mol. The number of nitrogens with zero attached hydrogens (tertiary/aromatic N) is 1. The summed E-state index contributed by atoms with van der Waals surface area (Å²) in [5.74, 6) is -0.0252. The lowest BCUT2D eigenvalue weighted by Crippen LogP contribution is -2.32. The molecule has 1 N–H and O–H groups in total. The number of Topliss-reactive ketones (excluding diaryl/α,β-unsaturated/α-hetero) is 1. The quantitative estimate of drug-likeness (QED) is 0.813. The van der Waals surface area contributed by atoms with Gasteiger partial charge in [0.2, 0.25) is 0 Å². The molecule has 3 rings (SSSR count). The molecule has 1 heterocycles. The van der Waals surface area contributed by atoms with Gasteiger partial charge >= 0.3 is 0 Å². The van der Waals surface area contributed by atoms with E-state index < -0.39 is 5.91 Å². The van der Waals surface area contributed by atoms with Gasteiger partial charge in [-0.15, -0.1) is 0 Å². The van der Waals surface area contributed by atoms with Crippen LogP contribution in [-0.2, 0) is 6.54 Å². The number of carbonyl (C=O) groups excluding carboxylic acids is 2. The summed E-state index contributed by atoms with van der Waals surface area (Å²) in [6, 6.07) is 7.52. The zero-order chi connectivity index (χ0) is 18.8. The van der Waals surface area contributed by atoms with Crippen LogP contribution >= 0.6 is 0 Å². The molecule has 5 heteroatoms. The third-order valence-corrected chi connectivity index (χ3v) is 4.69. The van der Waals surface area contributed by atoms with Gasteiger partial charge in [0.05, 0.1) is 6.54 Å². The van der Waals surface area contributed by atoms with E-state index in [-0.39, 0.29) is 16.9 Å². The molecule has 1 aliphatic rings. The van der Waals surface area contributed by atoms with E-state index in [1.807, 2.05) is 26.0 Å². The molecule has 0 unspecified atom stereocenters. The van der Waals surface area contributed by atoms with Gasteiger partial charge in [0.15, 0.2) is 5.78 Å². The number of nitrogens with one attached hydrogen (secondary N) is 1. The lowest BCUT2D eigenvalue weighted by molar-refractivity contribution is 0.0961. The first kappa shape index (κ1) is 18.1. The zero-order valence-corrected chi connectivity index (χ0v) is 15.5. The Labute approximate surface area is 153 Å². The van der Waals surface area contributed by atoms with Crippen LogP contribution in [0.3, 0.4) is 0 Å². The number of rotatable bonds is 6. The Kier molecular flexibility index (Phi) is 5.07. The average Bonchev–Trinajstić information content (AvgIpc) is 3.39. The highest BCUT2D eigenvalue weighted by Crippen LogP contribution is 2.33. The standard InChI is InChI=1S/C21H24N2O3/c1-13-6-14(2)8-16(7-13)11-23-12-17(19(24)9-15-4-5-15)10-18(21(23)26)20(25)22-3/h6-8,10,12,15H,4-5,9,11H2,1-3H3,(H,22,25). The number of benzene rings is 1. The molecule has 2 aromatic rings. The first-order valence-electron chi connectivity index (χ1n) is 8.94. The van der Waals surface area contributed by atoms with Crippen molar-refractivity contribution in [1.29, 1.82) is 0 Å². The molecule has 0 spiro atoms. The van der Waals surface area contributed by atoms with Gasteiger partial charge in [-0.2, -0.15) is 0 Å². The number of carbonyl (C=O) groups is 2. The van der Waals surface area contributed by atoms with Crippen LogP contribution in [0.15, 0.2) is 35.3 Å². The van der Waals surface area contributed by atoms with E-state index in [1.54, 1.807) is 6.20 Å². The first-order chi connectivity index (χ1) is 12.4. The number of hydrogen-bond acceptors (Lipinski definition) is 3. The van der Waals surface area contributed by atoms with E-state index >= 15 is 0 Å². The van der Waals surface area contributed by atoms with Crippen LogP contribution in [0.1, 0.15) is 56.7 Å². The van der Waals surface area contributed by atoms with Crippen LogP contribution in [0, 0.1) is 19.8 Å². The molecule has 1 aromatic carbocycles. The number of aromatic nitrogens is 1. The highest BCUT2D eigenvalue weighted by atomic mass is 16.2. The second-order valence-electron chi connectivity index (χ2n) is 7.22. The number of amides is 1. The maximum Gasteiger partial charge on any atom is 0.263 e. The lowest BCUT2D eigenvalue weighted by Gasteiger charge is -2.12. The van der Waals surface area contributed by atoms with Gasteiger partial charge in [-0.1, -0.05) is 29.3 Å². The van der Waals surface area contributed by atoms with Crippen LogP contribution in [0.2, 0.25) is 0 Å². The van der Waals surface area contributed by atoms with Gasteiger partial charge < -0.3 is 9.88 Å². The molecule has 5 nitrogen and oxygen atoms in total. The van der Waals surface area contributed by atoms with Crippen LogP contribution in [0.25, 0.3) is 0 Å². The smallest absolute Gasteiger partial charge is 0.263 e. The molecular formula is C21H24N2O3. The van der Waals surface area contributed by atoms with E-state index in [1.165, 1.54) is 17.7 Å². The third kappa shape index (κ3) is 4.10. The molecule has 1 fully saturated rings. The Balaban J connectivity index is 2.02. The number of ketones is 1. The van der Waals surface area contributed by atoms with Crippen molar-refractivity contribution >= 4 is 11.7 Å². The summed E-state index contributed by atoms with van der Waals surface area (Å²) in [5.41, 5.74) is 3.25. The van der Waals surface area contributed by atoms with Crippen LogP contribution < -0.4 is 10.9 Å². The van der Waals surface area contributed by atoms with Crippen molar-refractivity contribution in [3.63, 3.8) is 0 Å². The SMILES string of the molecule is CNC(=O)c1cc(C(=O)CC2CC2)cn(Cc2cc(C)cc(C)c2)c1=O. The average molecular weight is 352 g/mol. The minimum atomic E-state index is -0.467. The molecule has 0 bridgehead atoms. The summed E-state index contributed by atoms with van der Waals surface area (Å²) in [6.07, 6.45) is 4.23. The zero-order valence-electron chi connectivity index (χ0n) is 15.5. The van der Waals surface area contributed by atoms with E-state index in [9.17, 15) is 14.4 Å². The molecule has 0 radical (unpaired) electrons. The second kappa shape index (κ2) is 7.28. The van der Waals surface area contributed by atoms with Gasteiger partial charge in [0, 0.05) is 25.2 Å². The fourth-order valence-corrected chi connectivity index (χ4v) is 3.26. The summed E-state index contributed by atoms with van der Waals surface area (Å²) >= 11 is 0. The Bertz CT molecular complexity index is 903. The fourth-order valence-electron chi connectivity index (χ4n) is 3.26. The van der Waals surface area contributed by atoms with Crippen molar-refractivity contribution < 1.29 is 9.59 Å². The van der Waals surface area contributed by atoms with Crippen molar-refractivity contribution in [2.45, 2.75) is 39.7 Å². The molecule has 26 heavy (non-hydrogen) atoms. The number of hydrogen-bond donors (Lipinski definition) is 1. The van der Waals surface area contributed by atoms with Gasteiger partial charge in [0.25, 0.3) is 11.5 Å². The van der Waals surface area contributed by atoms with Gasteiger partial charge in [-0.25, -0.2) is 0 Å². The molecule has 0 saturated heterocycles. The summed E-state index contributed by atoms with van der Waals surface area (Å²) in [6.45, 7) is 4.34. The Hall–Kier alpha value is -2.69. The fraction of sp³-hybridized carbons (Fsp3) is 0.381. The summed E-state index contributed by atoms with van der Waals surface area (Å²) in [4.78, 5) is 37.4. The number of pyridine rings is 1. The maximum atomic E-state index is 12.7. The van der Waals surface area contributed by atoms with Crippen LogP contribution in [0.5, 0.6) is 0 Å². The van der Waals surface area contributed by atoms with Gasteiger partial charge in [-0.3, -0.25) is 14.4 Å². The number of aryl methyl sites for hydroxylation is 2. The van der Waals surface area contributed by atoms with Crippen molar-refractivity contribution in [3.8, 4) is 0 Å². The topological polar surface area (TPSA) is 68.2 Å². The molecule has 1 aliphatic carbocycles. The molecule has 1 saturated carbocycles. The molecule has 1 aromatic heterocycles. The maximum absolute atomic E-state index is 12.7. The van der Waals surface area contributed by atoms with Crippen LogP contribution in [0.4, 0.5) is 0 Å². The Morgan fingerprint density at radius 1 is 1.12 bits per heavy atom. The van der Waals surface area contributed by atoms with E-state index in [2.05, 4.69) is 11.4 Å². The highest BCUT2D eigenvalue weighted by Gasteiger charge is 2.26. The highest BCUT2D eigenvalue weighted by molar-refractivity contribution is 6.00. The van der Waals surface area contributed by atoms with Crippen molar-refractivity contribution in [2.75, 3.05) is 7.05 Å². The largest absolute Gasteiger partial charge is 0.355 e. The molecular weight excluding hydrogens is 328 g/mol. The second-order valence-corrected chi connectivity index (χ2v) is 7.22. The molecule has 0 atom stereocenters. The molecule has 136 valence electrons. The van der Waals surface area contributed by atoms with Crippen LogP contribution in [-0.4, -0.2) is 23.3 Å². The predicted octanol–water partition coefficient (Wildman–Crippen LogP) is 2.86. The van der Waals surface area contributed by atoms with Gasteiger partial charge in [0.1, 0.15) is 5.56 Å². The monoisotopic (exact) mass is 352 g/mol. The van der Waals surface area contributed by atoms with E-state index in [0.717, 1.165) is 29.5 Å². The molecule has 0 aliphatic heterocycles. The summed E-state index contributed by atoms with van der Waals surface area (Å²) < 4.78 is 1.47. The minimum Gasteiger partial charge on any atom is -0.355 e. The van der Waals surface area contributed by atoms with E-state index in [4.69, 9.17) is 0 Å². The summed E-state index contributed by atoms with van der Waals surface area (Å²) in [5, 5.41) is 2.49. The van der Waals surface area contributed by atoms with Crippen molar-refractivity contribution in [3.05, 3.63) is 68.6 Å². The van der Waals surface area contributed by atoms with Crippen molar-refractivity contribution in [2.24, 2.45) is 5.92 Å². The minimum absolute atomic E-state index is 0.00757. The molecule has 1 amide bonds.